The number of benzene rings is 2. The van der Waals surface area contributed by atoms with Crippen LogP contribution in [0, 0.1) is 13.8 Å². The van der Waals surface area contributed by atoms with Crippen molar-refractivity contribution in [2.45, 2.75) is 25.7 Å². The number of carbonyl (C=O) groups excluding carboxylic acids is 1. The third-order valence-electron chi connectivity index (χ3n) is 4.09. The fourth-order valence-corrected chi connectivity index (χ4v) is 3.81. The van der Waals surface area contributed by atoms with Gasteiger partial charge in [0.15, 0.2) is 0 Å². The topological polar surface area (TPSA) is 75.7 Å². The molecular formula is C19H24N2O4S. The lowest BCUT2D eigenvalue weighted by molar-refractivity contribution is -0.116. The monoisotopic (exact) mass is 376 g/mol. The van der Waals surface area contributed by atoms with Crippen LogP contribution in [0.4, 0.5) is 5.69 Å². The predicted molar refractivity (Wildman–Crippen MR) is 102 cm³/mol. The molecule has 6 nitrogen and oxygen atoms in total. The Balaban J connectivity index is 2.10. The third-order valence-corrected chi connectivity index (χ3v) is 5.55. The normalized spacial score (nSPS) is 11.2. The molecule has 0 aliphatic carbocycles. The summed E-state index contributed by atoms with van der Waals surface area (Å²) in [7, 11) is -2.13. The van der Waals surface area contributed by atoms with Gasteiger partial charge in [-0.1, -0.05) is 18.2 Å². The van der Waals surface area contributed by atoms with Gasteiger partial charge in [0.1, 0.15) is 5.75 Å². The van der Waals surface area contributed by atoms with Crippen molar-refractivity contribution in [3.63, 3.8) is 0 Å². The number of aryl methyl sites for hydroxylation is 2. The van der Waals surface area contributed by atoms with Crippen LogP contribution in [0.25, 0.3) is 0 Å². The molecule has 2 rings (SSSR count). The van der Waals surface area contributed by atoms with Crippen LogP contribution < -0.4 is 14.4 Å². The average molecular weight is 376 g/mol. The van der Waals surface area contributed by atoms with Gasteiger partial charge >= 0.3 is 0 Å². The van der Waals surface area contributed by atoms with E-state index in [-0.39, 0.29) is 23.9 Å². The molecule has 0 spiro atoms. The second-order valence-electron chi connectivity index (χ2n) is 5.99. The number of nitrogens with one attached hydrogen (secondary N) is 1. The number of methoxy groups -OCH3 is 1. The molecule has 2 aromatic carbocycles. The molecule has 0 saturated heterocycles. The molecule has 0 saturated carbocycles. The van der Waals surface area contributed by atoms with Gasteiger partial charge in [-0.15, -0.1) is 0 Å². The summed E-state index contributed by atoms with van der Waals surface area (Å²) in [6.07, 6.45) is 0. The minimum atomic E-state index is -3.66. The highest BCUT2D eigenvalue weighted by Crippen LogP contribution is 2.22. The molecule has 140 valence electrons. The van der Waals surface area contributed by atoms with Crippen molar-refractivity contribution in [3.05, 3.63) is 53.6 Å². The van der Waals surface area contributed by atoms with E-state index in [1.54, 1.807) is 24.0 Å². The van der Waals surface area contributed by atoms with Crippen molar-refractivity contribution >= 4 is 21.6 Å². The van der Waals surface area contributed by atoms with E-state index in [1.807, 2.05) is 31.2 Å². The summed E-state index contributed by atoms with van der Waals surface area (Å²) in [5.41, 5.74) is 2.47. The van der Waals surface area contributed by atoms with Gasteiger partial charge < -0.3 is 9.64 Å². The Morgan fingerprint density at radius 2 is 1.81 bits per heavy atom. The average Bonchev–Trinajstić information content (AvgIpc) is 2.59. The zero-order valence-corrected chi connectivity index (χ0v) is 16.3. The number of amides is 1. The van der Waals surface area contributed by atoms with E-state index >= 15 is 0 Å². The minimum absolute atomic E-state index is 0.112. The largest absolute Gasteiger partial charge is 0.496 e. The first-order valence-corrected chi connectivity index (χ1v) is 9.72. The first-order valence-electron chi connectivity index (χ1n) is 8.24. The molecular weight excluding hydrogens is 352 g/mol. The van der Waals surface area contributed by atoms with E-state index in [0.717, 1.165) is 16.8 Å². The number of anilines is 1. The molecule has 0 aliphatic heterocycles. The van der Waals surface area contributed by atoms with E-state index < -0.39 is 10.0 Å². The predicted octanol–water partition coefficient (Wildman–Crippen LogP) is 2.64. The number of para-hydroxylation sites is 1. The zero-order chi connectivity index (χ0) is 19.3. The Hall–Kier alpha value is -2.38. The van der Waals surface area contributed by atoms with E-state index in [1.165, 1.54) is 20.1 Å². The minimum Gasteiger partial charge on any atom is -0.496 e. The highest BCUT2D eigenvalue weighted by Gasteiger charge is 2.18. The molecule has 1 N–H and O–H groups in total. The van der Waals surface area contributed by atoms with Crippen LogP contribution in [-0.4, -0.2) is 34.5 Å². The second-order valence-corrected chi connectivity index (χ2v) is 7.75. The van der Waals surface area contributed by atoms with Gasteiger partial charge in [-0.3, -0.25) is 4.79 Å². The maximum absolute atomic E-state index is 12.5. The Morgan fingerprint density at radius 1 is 1.12 bits per heavy atom. The van der Waals surface area contributed by atoms with Crippen LogP contribution in [0.5, 0.6) is 5.75 Å². The van der Waals surface area contributed by atoms with Crippen LogP contribution in [0.1, 0.15) is 18.1 Å². The maximum atomic E-state index is 12.5. The molecule has 7 heteroatoms. The lowest BCUT2D eigenvalue weighted by Crippen LogP contribution is -2.37. The van der Waals surface area contributed by atoms with Crippen molar-refractivity contribution in [1.82, 2.24) is 4.72 Å². The molecule has 0 aliphatic rings. The standard InChI is InChI=1S/C19H24N2O4S/c1-14-7-5-6-8-18(14)21(16(3)22)12-11-20-26(23,24)17-9-10-19(25-4)15(2)13-17/h5-10,13,20H,11-12H2,1-4H3. The summed E-state index contributed by atoms with van der Waals surface area (Å²) >= 11 is 0. The first-order chi connectivity index (χ1) is 12.3. The molecule has 0 unspecified atom stereocenters. The summed E-state index contributed by atoms with van der Waals surface area (Å²) in [4.78, 5) is 13.7. The second kappa shape index (κ2) is 8.33. The van der Waals surface area contributed by atoms with Crippen LogP contribution in [0.15, 0.2) is 47.4 Å². The fourth-order valence-electron chi connectivity index (χ4n) is 2.71. The number of sulfonamides is 1. The lowest BCUT2D eigenvalue weighted by atomic mass is 10.2. The van der Waals surface area contributed by atoms with Crippen LogP contribution in [-0.2, 0) is 14.8 Å². The summed E-state index contributed by atoms with van der Waals surface area (Å²) < 4.78 is 32.7. The number of ether oxygens (including phenoxy) is 1. The summed E-state index contributed by atoms with van der Waals surface area (Å²) in [6.45, 7) is 5.52. The molecule has 0 fully saturated rings. The Labute approximate surface area is 154 Å². The molecule has 1 amide bonds. The molecule has 0 bridgehead atoms. The van der Waals surface area contributed by atoms with E-state index in [4.69, 9.17) is 4.74 Å². The van der Waals surface area contributed by atoms with Crippen LogP contribution in [0.2, 0.25) is 0 Å². The number of hydrogen-bond acceptors (Lipinski definition) is 4. The quantitative estimate of drug-likeness (QED) is 0.806. The summed E-state index contributed by atoms with van der Waals surface area (Å²) in [5, 5.41) is 0. The van der Waals surface area contributed by atoms with Crippen molar-refractivity contribution in [3.8, 4) is 5.75 Å². The molecule has 0 heterocycles. The highest BCUT2D eigenvalue weighted by molar-refractivity contribution is 7.89. The van der Waals surface area contributed by atoms with E-state index in [9.17, 15) is 13.2 Å². The van der Waals surface area contributed by atoms with Crippen molar-refractivity contribution in [2.24, 2.45) is 0 Å². The van der Waals surface area contributed by atoms with Crippen LogP contribution in [0.3, 0.4) is 0 Å². The van der Waals surface area contributed by atoms with E-state index in [0.29, 0.717) is 5.75 Å². The van der Waals surface area contributed by atoms with Gasteiger partial charge in [0.05, 0.1) is 12.0 Å². The van der Waals surface area contributed by atoms with Crippen molar-refractivity contribution < 1.29 is 17.9 Å². The number of hydrogen-bond donors (Lipinski definition) is 1. The zero-order valence-electron chi connectivity index (χ0n) is 15.4. The number of carbonyl (C=O) groups is 1. The van der Waals surface area contributed by atoms with Crippen LogP contribution >= 0.6 is 0 Å². The Morgan fingerprint density at radius 3 is 2.38 bits per heavy atom. The Bertz CT molecular complexity index is 894. The summed E-state index contributed by atoms with van der Waals surface area (Å²) in [5.74, 6) is 0.491. The Kier molecular flexibility index (Phi) is 6.39. The van der Waals surface area contributed by atoms with Gasteiger partial charge in [0, 0.05) is 25.7 Å². The molecule has 2 aromatic rings. The molecule has 0 atom stereocenters. The SMILES string of the molecule is COc1ccc(S(=O)(=O)NCCN(C(C)=O)c2ccccc2C)cc1C. The van der Waals surface area contributed by atoms with Gasteiger partial charge in [0.2, 0.25) is 15.9 Å². The van der Waals surface area contributed by atoms with Gasteiger partial charge in [0.25, 0.3) is 0 Å². The maximum Gasteiger partial charge on any atom is 0.240 e. The van der Waals surface area contributed by atoms with Crippen molar-refractivity contribution in [1.29, 1.82) is 0 Å². The van der Waals surface area contributed by atoms with Gasteiger partial charge in [-0.25, -0.2) is 13.1 Å². The first kappa shape index (κ1) is 19.9. The fraction of sp³-hybridized carbons (Fsp3) is 0.316. The number of nitrogens with zero attached hydrogens (tertiary/aromatic N) is 1. The molecule has 0 aromatic heterocycles. The highest BCUT2D eigenvalue weighted by atomic mass is 32.2. The third kappa shape index (κ3) is 4.62. The molecule has 0 radical (unpaired) electrons. The van der Waals surface area contributed by atoms with Crippen molar-refractivity contribution in [2.75, 3.05) is 25.1 Å². The molecule has 26 heavy (non-hydrogen) atoms. The van der Waals surface area contributed by atoms with Gasteiger partial charge in [-0.05, 0) is 49.2 Å². The number of rotatable bonds is 7. The summed E-state index contributed by atoms with van der Waals surface area (Å²) in [6, 6.07) is 12.2. The lowest BCUT2D eigenvalue weighted by Gasteiger charge is -2.23. The van der Waals surface area contributed by atoms with E-state index in [2.05, 4.69) is 4.72 Å². The van der Waals surface area contributed by atoms with Gasteiger partial charge in [-0.2, -0.15) is 0 Å². The smallest absolute Gasteiger partial charge is 0.240 e.